The number of imidazole rings is 1. The van der Waals surface area contributed by atoms with E-state index in [0.717, 1.165) is 36.6 Å². The van der Waals surface area contributed by atoms with Crippen molar-refractivity contribution in [1.29, 1.82) is 0 Å². The van der Waals surface area contributed by atoms with Crippen LogP contribution in [0.25, 0.3) is 11.1 Å². The lowest BCUT2D eigenvalue weighted by Gasteiger charge is -2.34. The quantitative estimate of drug-likeness (QED) is 0.754. The van der Waals surface area contributed by atoms with E-state index in [-0.39, 0.29) is 6.03 Å². The van der Waals surface area contributed by atoms with Gasteiger partial charge in [0.2, 0.25) is 0 Å². The minimum absolute atomic E-state index is 0.0857. The molecule has 1 N–H and O–H groups in total. The zero-order valence-corrected chi connectivity index (χ0v) is 16.2. The molecule has 3 heterocycles. The van der Waals surface area contributed by atoms with E-state index in [1.165, 1.54) is 0 Å². The van der Waals surface area contributed by atoms with Crippen LogP contribution in [0.4, 0.5) is 10.6 Å². The highest BCUT2D eigenvalue weighted by Crippen LogP contribution is 2.27. The van der Waals surface area contributed by atoms with E-state index in [0.29, 0.717) is 18.9 Å². The highest BCUT2D eigenvalue weighted by atomic mass is 16.2. The fourth-order valence-corrected chi connectivity index (χ4v) is 3.45. The van der Waals surface area contributed by atoms with Gasteiger partial charge < -0.3 is 9.47 Å². The van der Waals surface area contributed by atoms with Gasteiger partial charge in [0, 0.05) is 58.2 Å². The number of aromatic nitrogens is 4. The molecule has 0 radical (unpaired) electrons. The molecule has 0 unspecified atom stereocenters. The van der Waals surface area contributed by atoms with E-state index in [4.69, 9.17) is 0 Å². The summed E-state index contributed by atoms with van der Waals surface area (Å²) < 4.78 is 3.74. The Morgan fingerprint density at radius 2 is 1.86 bits per heavy atom. The van der Waals surface area contributed by atoms with E-state index < -0.39 is 0 Å². The molecule has 0 saturated carbocycles. The molecule has 3 aromatic rings. The largest absolute Gasteiger partial charge is 0.337 e. The van der Waals surface area contributed by atoms with Crippen LogP contribution in [0.5, 0.6) is 0 Å². The lowest BCUT2D eigenvalue weighted by Crippen LogP contribution is -2.50. The van der Waals surface area contributed by atoms with Gasteiger partial charge >= 0.3 is 6.03 Å². The molecule has 2 aromatic heterocycles. The summed E-state index contributed by atoms with van der Waals surface area (Å²) in [7, 11) is 3.84. The number of hydrogen-bond acceptors (Lipinski definition) is 4. The minimum Gasteiger partial charge on any atom is -0.337 e. The van der Waals surface area contributed by atoms with Crippen molar-refractivity contribution in [3.8, 4) is 11.1 Å². The van der Waals surface area contributed by atoms with E-state index in [2.05, 4.69) is 20.3 Å². The molecule has 8 heteroatoms. The van der Waals surface area contributed by atoms with Crippen LogP contribution in [0.15, 0.2) is 48.9 Å². The van der Waals surface area contributed by atoms with Gasteiger partial charge in [0.15, 0.2) is 0 Å². The van der Waals surface area contributed by atoms with Crippen LogP contribution in [0.1, 0.15) is 5.82 Å². The number of aryl methyl sites for hydroxylation is 2. The molecular formula is C20H25N7O. The zero-order chi connectivity index (χ0) is 19.5. The summed E-state index contributed by atoms with van der Waals surface area (Å²) in [5.41, 5.74) is 1.95. The van der Waals surface area contributed by atoms with Crippen molar-refractivity contribution in [3.63, 3.8) is 0 Å². The second-order valence-electron chi connectivity index (χ2n) is 7.04. The summed E-state index contributed by atoms with van der Waals surface area (Å²) in [6, 6.07) is 9.88. The summed E-state index contributed by atoms with van der Waals surface area (Å²) in [4.78, 5) is 21.4. The monoisotopic (exact) mass is 379 g/mol. The number of urea groups is 1. The highest BCUT2D eigenvalue weighted by molar-refractivity contribution is 5.93. The van der Waals surface area contributed by atoms with Gasteiger partial charge in [0.05, 0.1) is 12.7 Å². The maximum atomic E-state index is 12.8. The van der Waals surface area contributed by atoms with Crippen molar-refractivity contribution in [2.75, 3.05) is 31.5 Å². The van der Waals surface area contributed by atoms with Gasteiger partial charge in [-0.25, -0.2) is 9.78 Å². The van der Waals surface area contributed by atoms with Gasteiger partial charge in [-0.2, -0.15) is 5.10 Å². The molecule has 2 amide bonds. The Balaban J connectivity index is 1.38. The number of hydrogen-bond donors (Lipinski definition) is 1. The van der Waals surface area contributed by atoms with Gasteiger partial charge in [-0.15, -0.1) is 0 Å². The molecule has 8 nitrogen and oxygen atoms in total. The Labute approximate surface area is 164 Å². The third-order valence-corrected chi connectivity index (χ3v) is 5.19. The summed E-state index contributed by atoms with van der Waals surface area (Å²) >= 11 is 0. The summed E-state index contributed by atoms with van der Waals surface area (Å²) in [5, 5.41) is 7.37. The first kappa shape index (κ1) is 18.2. The SMILES string of the molecule is Cn1ccnc1CN1CCN(C(=O)Nc2c(-c3ccccc3)cnn2C)CC1. The van der Waals surface area contributed by atoms with Crippen LogP contribution in [0.2, 0.25) is 0 Å². The van der Waals surface area contributed by atoms with Gasteiger partial charge in [0.25, 0.3) is 0 Å². The molecule has 4 rings (SSSR count). The first-order valence-electron chi connectivity index (χ1n) is 9.43. The Bertz CT molecular complexity index is 939. The fraction of sp³-hybridized carbons (Fsp3) is 0.350. The van der Waals surface area contributed by atoms with Crippen molar-refractivity contribution >= 4 is 11.8 Å². The van der Waals surface area contributed by atoms with Crippen LogP contribution in [0, 0.1) is 0 Å². The first-order valence-corrected chi connectivity index (χ1v) is 9.43. The second-order valence-corrected chi connectivity index (χ2v) is 7.04. The Hall–Kier alpha value is -3.13. The summed E-state index contributed by atoms with van der Waals surface area (Å²) in [6.07, 6.45) is 5.56. The predicted octanol–water partition coefficient (Wildman–Crippen LogP) is 2.17. The van der Waals surface area contributed by atoms with E-state index in [1.54, 1.807) is 10.9 Å². The number of nitrogens with one attached hydrogen (secondary N) is 1. The fourth-order valence-electron chi connectivity index (χ4n) is 3.45. The minimum atomic E-state index is -0.0857. The summed E-state index contributed by atoms with van der Waals surface area (Å²) in [6.45, 7) is 3.84. The topological polar surface area (TPSA) is 71.2 Å². The molecule has 0 atom stereocenters. The van der Waals surface area contributed by atoms with Gasteiger partial charge in [-0.05, 0) is 5.56 Å². The van der Waals surface area contributed by atoms with Crippen LogP contribution in [0.3, 0.4) is 0 Å². The number of benzene rings is 1. The van der Waals surface area contributed by atoms with Crippen molar-refractivity contribution < 1.29 is 4.79 Å². The van der Waals surface area contributed by atoms with Crippen molar-refractivity contribution in [3.05, 3.63) is 54.7 Å². The van der Waals surface area contributed by atoms with Crippen LogP contribution < -0.4 is 5.32 Å². The Kier molecular flexibility index (Phi) is 5.12. The van der Waals surface area contributed by atoms with Crippen molar-refractivity contribution in [2.24, 2.45) is 14.1 Å². The molecule has 28 heavy (non-hydrogen) atoms. The van der Waals surface area contributed by atoms with Crippen LogP contribution in [-0.4, -0.2) is 61.3 Å². The number of amides is 2. The molecule has 146 valence electrons. The zero-order valence-electron chi connectivity index (χ0n) is 16.2. The number of carbonyl (C=O) groups is 1. The van der Waals surface area contributed by atoms with Crippen molar-refractivity contribution in [2.45, 2.75) is 6.54 Å². The maximum absolute atomic E-state index is 12.8. The maximum Gasteiger partial charge on any atom is 0.323 e. The Morgan fingerprint density at radius 3 is 2.54 bits per heavy atom. The lowest BCUT2D eigenvalue weighted by molar-refractivity contribution is 0.140. The number of anilines is 1. The highest BCUT2D eigenvalue weighted by Gasteiger charge is 2.23. The van der Waals surface area contributed by atoms with E-state index >= 15 is 0 Å². The van der Waals surface area contributed by atoms with Gasteiger partial charge in [0.1, 0.15) is 11.6 Å². The molecule has 1 fully saturated rings. The third kappa shape index (κ3) is 3.77. The molecule has 1 aliphatic rings. The van der Waals surface area contributed by atoms with Crippen LogP contribution in [-0.2, 0) is 20.6 Å². The van der Waals surface area contributed by atoms with Gasteiger partial charge in [-0.1, -0.05) is 30.3 Å². The molecule has 1 aromatic carbocycles. The second kappa shape index (κ2) is 7.85. The number of rotatable bonds is 4. The average Bonchev–Trinajstić information content (AvgIpc) is 3.29. The van der Waals surface area contributed by atoms with Crippen LogP contribution >= 0.6 is 0 Å². The molecular weight excluding hydrogens is 354 g/mol. The standard InChI is InChI=1S/C20H25N7O/c1-24-9-8-21-18(24)15-26-10-12-27(13-11-26)20(28)23-19-17(14-22-25(19)2)16-6-4-3-5-7-16/h3-9,14H,10-13,15H2,1-2H3,(H,23,28). The molecule has 0 spiro atoms. The molecule has 0 bridgehead atoms. The summed E-state index contributed by atoms with van der Waals surface area (Å²) in [5.74, 6) is 1.76. The Morgan fingerprint density at radius 1 is 1.11 bits per heavy atom. The molecule has 0 aliphatic carbocycles. The molecule has 1 saturated heterocycles. The smallest absolute Gasteiger partial charge is 0.323 e. The number of nitrogens with zero attached hydrogens (tertiary/aromatic N) is 6. The van der Waals surface area contributed by atoms with Gasteiger partial charge in [-0.3, -0.25) is 14.9 Å². The predicted molar refractivity (Wildman–Crippen MR) is 108 cm³/mol. The first-order chi connectivity index (χ1) is 13.6. The number of piperazine rings is 1. The average molecular weight is 379 g/mol. The number of carbonyl (C=O) groups excluding carboxylic acids is 1. The molecule has 1 aliphatic heterocycles. The normalized spacial score (nSPS) is 15.0. The van der Waals surface area contributed by atoms with E-state index in [1.807, 2.05) is 66.3 Å². The van der Waals surface area contributed by atoms with E-state index in [9.17, 15) is 4.79 Å². The lowest BCUT2D eigenvalue weighted by atomic mass is 10.1. The third-order valence-electron chi connectivity index (χ3n) is 5.19. The van der Waals surface area contributed by atoms with Crippen molar-refractivity contribution in [1.82, 2.24) is 29.1 Å².